The van der Waals surface area contributed by atoms with Crippen LogP contribution in [0.15, 0.2) is 40.8 Å². The first-order chi connectivity index (χ1) is 8.19. The van der Waals surface area contributed by atoms with Crippen molar-refractivity contribution >= 4 is 12.3 Å². The second kappa shape index (κ2) is 4.65. The molecule has 0 atom stereocenters. The van der Waals surface area contributed by atoms with Crippen LogP contribution in [0.5, 0.6) is 0 Å². The van der Waals surface area contributed by atoms with Crippen molar-refractivity contribution in [2.75, 3.05) is 0 Å². The van der Waals surface area contributed by atoms with Crippen molar-refractivity contribution in [3.63, 3.8) is 0 Å². The Hall–Kier alpha value is -2.36. The van der Waals surface area contributed by atoms with Crippen LogP contribution in [0.1, 0.15) is 16.1 Å². The Morgan fingerprint density at radius 1 is 1.29 bits per heavy atom. The summed E-state index contributed by atoms with van der Waals surface area (Å²) in [7, 11) is 0. The molecule has 1 heterocycles. The number of rotatable bonds is 4. The van der Waals surface area contributed by atoms with E-state index in [0.29, 0.717) is 17.6 Å². The maximum Gasteiger partial charge on any atom is 0.307 e. The van der Waals surface area contributed by atoms with Crippen molar-refractivity contribution in [1.82, 2.24) is 0 Å². The Kier molecular flexibility index (Phi) is 3.05. The molecule has 4 nitrogen and oxygen atoms in total. The molecule has 0 aliphatic carbocycles. The number of carboxylic acid groups (broad SMARTS) is 1. The zero-order chi connectivity index (χ0) is 12.3. The van der Waals surface area contributed by atoms with E-state index in [2.05, 4.69) is 0 Å². The van der Waals surface area contributed by atoms with E-state index in [1.807, 2.05) is 0 Å². The molecule has 0 amide bonds. The van der Waals surface area contributed by atoms with Crippen molar-refractivity contribution in [3.8, 4) is 11.3 Å². The van der Waals surface area contributed by atoms with Crippen LogP contribution in [-0.2, 0) is 11.2 Å². The number of benzene rings is 1. The number of hydrogen-bond donors (Lipinski definition) is 1. The second-order valence-electron chi connectivity index (χ2n) is 3.59. The molecule has 0 bridgehead atoms. The van der Waals surface area contributed by atoms with Gasteiger partial charge in [-0.1, -0.05) is 18.2 Å². The Morgan fingerprint density at radius 2 is 2.12 bits per heavy atom. The van der Waals surface area contributed by atoms with Gasteiger partial charge in [-0.3, -0.25) is 9.59 Å². The topological polar surface area (TPSA) is 67.5 Å². The third-order valence-corrected chi connectivity index (χ3v) is 2.31. The molecule has 86 valence electrons. The minimum Gasteiger partial charge on any atom is -0.481 e. The predicted molar refractivity (Wildman–Crippen MR) is 60.9 cm³/mol. The van der Waals surface area contributed by atoms with Gasteiger partial charge in [-0.25, -0.2) is 0 Å². The molecule has 0 fully saturated rings. The highest BCUT2D eigenvalue weighted by molar-refractivity contribution is 5.74. The van der Waals surface area contributed by atoms with Gasteiger partial charge >= 0.3 is 5.97 Å². The fraction of sp³-hybridized carbons (Fsp3) is 0.0769. The second-order valence-corrected chi connectivity index (χ2v) is 3.59. The average molecular weight is 230 g/mol. The van der Waals surface area contributed by atoms with Crippen LogP contribution in [0.2, 0.25) is 0 Å². The summed E-state index contributed by atoms with van der Waals surface area (Å²) in [5.41, 5.74) is 1.45. The fourth-order valence-electron chi connectivity index (χ4n) is 1.58. The SMILES string of the molecule is O=Cc1ccc(-c2cccc(CC(=O)O)c2)o1. The number of carboxylic acids is 1. The molecule has 0 aliphatic heterocycles. The summed E-state index contributed by atoms with van der Waals surface area (Å²) in [5.74, 6) is -0.0712. The van der Waals surface area contributed by atoms with Crippen molar-refractivity contribution in [3.05, 3.63) is 47.7 Å². The van der Waals surface area contributed by atoms with Crippen LogP contribution in [-0.4, -0.2) is 17.4 Å². The van der Waals surface area contributed by atoms with Gasteiger partial charge in [0.2, 0.25) is 0 Å². The average Bonchev–Trinajstić information content (AvgIpc) is 2.77. The molecule has 0 spiro atoms. The summed E-state index contributed by atoms with van der Waals surface area (Å²) in [6.07, 6.45) is 0.597. The van der Waals surface area contributed by atoms with Crippen LogP contribution in [0, 0.1) is 0 Å². The number of hydrogen-bond acceptors (Lipinski definition) is 3. The maximum absolute atomic E-state index is 10.6. The van der Waals surface area contributed by atoms with Crippen LogP contribution >= 0.6 is 0 Å². The third-order valence-electron chi connectivity index (χ3n) is 2.31. The zero-order valence-electron chi connectivity index (χ0n) is 8.92. The minimum absolute atomic E-state index is 0.0327. The highest BCUT2D eigenvalue weighted by Crippen LogP contribution is 2.22. The lowest BCUT2D eigenvalue weighted by atomic mass is 10.1. The smallest absolute Gasteiger partial charge is 0.307 e. The summed E-state index contributed by atoms with van der Waals surface area (Å²) in [6, 6.07) is 10.3. The van der Waals surface area contributed by atoms with Crippen LogP contribution in [0.3, 0.4) is 0 Å². The molecule has 0 aliphatic rings. The highest BCUT2D eigenvalue weighted by atomic mass is 16.4. The minimum atomic E-state index is -0.879. The molecular weight excluding hydrogens is 220 g/mol. The van der Waals surface area contributed by atoms with E-state index in [4.69, 9.17) is 9.52 Å². The Balaban J connectivity index is 2.32. The quantitative estimate of drug-likeness (QED) is 0.819. The largest absolute Gasteiger partial charge is 0.481 e. The van der Waals surface area contributed by atoms with Gasteiger partial charge in [-0.05, 0) is 23.8 Å². The fourth-order valence-corrected chi connectivity index (χ4v) is 1.58. The molecule has 2 rings (SSSR count). The third kappa shape index (κ3) is 2.60. The molecule has 1 aromatic carbocycles. The van der Waals surface area contributed by atoms with E-state index in [9.17, 15) is 9.59 Å². The summed E-state index contributed by atoms with van der Waals surface area (Å²) < 4.78 is 5.26. The van der Waals surface area contributed by atoms with E-state index in [0.717, 1.165) is 5.56 Å². The standard InChI is InChI=1S/C13H10O4/c14-8-11-4-5-12(17-11)10-3-1-2-9(6-10)7-13(15)16/h1-6,8H,7H2,(H,15,16). The van der Waals surface area contributed by atoms with E-state index in [1.54, 1.807) is 36.4 Å². The first-order valence-corrected chi connectivity index (χ1v) is 5.05. The van der Waals surface area contributed by atoms with Gasteiger partial charge in [0.05, 0.1) is 6.42 Å². The van der Waals surface area contributed by atoms with Crippen molar-refractivity contribution in [2.24, 2.45) is 0 Å². The lowest BCUT2D eigenvalue weighted by molar-refractivity contribution is -0.136. The van der Waals surface area contributed by atoms with Gasteiger partial charge in [0.25, 0.3) is 0 Å². The summed E-state index contributed by atoms with van der Waals surface area (Å²) in [5, 5.41) is 8.70. The van der Waals surface area contributed by atoms with Crippen molar-refractivity contribution in [1.29, 1.82) is 0 Å². The summed E-state index contributed by atoms with van der Waals surface area (Å²) in [4.78, 5) is 21.1. The Labute approximate surface area is 97.5 Å². The van der Waals surface area contributed by atoms with E-state index >= 15 is 0 Å². The maximum atomic E-state index is 10.6. The first kappa shape index (κ1) is 11.1. The monoisotopic (exact) mass is 230 g/mol. The first-order valence-electron chi connectivity index (χ1n) is 5.05. The van der Waals surface area contributed by atoms with E-state index < -0.39 is 5.97 Å². The molecular formula is C13H10O4. The van der Waals surface area contributed by atoms with Gasteiger partial charge in [-0.2, -0.15) is 0 Å². The number of carbonyl (C=O) groups excluding carboxylic acids is 1. The van der Waals surface area contributed by atoms with Crippen molar-refractivity contribution < 1.29 is 19.1 Å². The Bertz CT molecular complexity index is 554. The van der Waals surface area contributed by atoms with Gasteiger partial charge in [0.1, 0.15) is 5.76 Å². The zero-order valence-corrected chi connectivity index (χ0v) is 8.92. The van der Waals surface area contributed by atoms with Crippen LogP contribution in [0.4, 0.5) is 0 Å². The lowest BCUT2D eigenvalue weighted by Gasteiger charge is -2.00. The molecule has 0 radical (unpaired) electrons. The summed E-state index contributed by atoms with van der Waals surface area (Å²) >= 11 is 0. The van der Waals surface area contributed by atoms with E-state index in [-0.39, 0.29) is 12.2 Å². The number of aliphatic carboxylic acids is 1. The lowest BCUT2D eigenvalue weighted by Crippen LogP contribution is -1.99. The molecule has 17 heavy (non-hydrogen) atoms. The molecule has 1 aromatic heterocycles. The summed E-state index contributed by atoms with van der Waals surface area (Å²) in [6.45, 7) is 0. The molecule has 0 unspecified atom stereocenters. The van der Waals surface area contributed by atoms with Gasteiger partial charge < -0.3 is 9.52 Å². The number of furan rings is 1. The highest BCUT2D eigenvalue weighted by Gasteiger charge is 2.06. The number of carbonyl (C=O) groups is 2. The van der Waals surface area contributed by atoms with Gasteiger partial charge in [0, 0.05) is 5.56 Å². The van der Waals surface area contributed by atoms with Crippen LogP contribution < -0.4 is 0 Å². The van der Waals surface area contributed by atoms with Gasteiger partial charge in [-0.15, -0.1) is 0 Å². The molecule has 1 N–H and O–H groups in total. The Morgan fingerprint density at radius 3 is 2.76 bits per heavy atom. The van der Waals surface area contributed by atoms with Crippen LogP contribution in [0.25, 0.3) is 11.3 Å². The molecule has 2 aromatic rings. The van der Waals surface area contributed by atoms with Crippen molar-refractivity contribution in [2.45, 2.75) is 6.42 Å². The van der Waals surface area contributed by atoms with Gasteiger partial charge in [0.15, 0.2) is 12.0 Å². The predicted octanol–water partition coefficient (Wildman–Crippen LogP) is 2.39. The molecule has 4 heteroatoms. The molecule has 0 saturated heterocycles. The molecule has 0 saturated carbocycles. The number of aldehydes is 1. The van der Waals surface area contributed by atoms with E-state index in [1.165, 1.54) is 0 Å². The normalized spacial score (nSPS) is 10.1.